The molecule has 3 heterocycles. The summed E-state index contributed by atoms with van der Waals surface area (Å²) in [6.07, 6.45) is 5.15. The molecule has 4 rings (SSSR count). The molecule has 158 valence electrons. The molecule has 3 aromatic rings. The fourth-order valence-corrected chi connectivity index (χ4v) is 4.55. The number of benzene rings is 1. The highest BCUT2D eigenvalue weighted by Gasteiger charge is 2.33. The van der Waals surface area contributed by atoms with E-state index in [1.807, 2.05) is 24.3 Å². The number of fused-ring (bicyclic) bond motifs is 1. The molecule has 0 spiro atoms. The number of rotatable bonds is 5. The number of aromatic nitrogens is 2. The van der Waals surface area contributed by atoms with Crippen molar-refractivity contribution >= 4 is 23.4 Å². The van der Waals surface area contributed by atoms with E-state index in [9.17, 15) is 9.59 Å². The van der Waals surface area contributed by atoms with E-state index in [0.29, 0.717) is 26.4 Å². The minimum Gasteiger partial charge on any atom is -0.497 e. The van der Waals surface area contributed by atoms with Crippen LogP contribution in [0.1, 0.15) is 31.0 Å². The third-order valence-corrected chi connectivity index (χ3v) is 5.91. The molecule has 2 aromatic heterocycles. The number of ether oxygens (including phenoxy) is 2. The monoisotopic (exact) mass is 435 g/mol. The number of thiazole rings is 1. The molecule has 0 saturated carbocycles. The number of hydrogen-bond donors (Lipinski definition) is 0. The van der Waals surface area contributed by atoms with Gasteiger partial charge in [0, 0.05) is 12.4 Å². The predicted molar refractivity (Wildman–Crippen MR) is 118 cm³/mol. The van der Waals surface area contributed by atoms with Crippen LogP contribution in [0.4, 0.5) is 0 Å². The Hall–Kier alpha value is -3.52. The average molecular weight is 436 g/mol. The number of methoxy groups -OCH3 is 1. The van der Waals surface area contributed by atoms with Gasteiger partial charge in [-0.25, -0.2) is 9.79 Å². The maximum atomic E-state index is 13.4. The van der Waals surface area contributed by atoms with Gasteiger partial charge in [-0.05, 0) is 49.2 Å². The molecule has 0 fully saturated rings. The summed E-state index contributed by atoms with van der Waals surface area (Å²) in [5.41, 5.74) is 2.26. The topological polar surface area (TPSA) is 82.8 Å². The van der Waals surface area contributed by atoms with Crippen molar-refractivity contribution in [2.24, 2.45) is 4.99 Å². The van der Waals surface area contributed by atoms with Gasteiger partial charge in [-0.2, -0.15) is 0 Å². The Kier molecular flexibility index (Phi) is 5.81. The first-order valence-corrected chi connectivity index (χ1v) is 10.6. The van der Waals surface area contributed by atoms with Gasteiger partial charge < -0.3 is 9.47 Å². The highest BCUT2D eigenvalue weighted by atomic mass is 32.1. The lowest BCUT2D eigenvalue weighted by Gasteiger charge is -2.24. The highest BCUT2D eigenvalue weighted by molar-refractivity contribution is 7.07. The predicted octanol–water partition coefficient (Wildman–Crippen LogP) is 2.20. The van der Waals surface area contributed by atoms with Gasteiger partial charge in [0.05, 0.1) is 35.6 Å². The fraction of sp³-hybridized carbons (Fsp3) is 0.217. The van der Waals surface area contributed by atoms with Crippen LogP contribution in [-0.2, 0) is 9.53 Å². The number of hydrogen-bond acceptors (Lipinski definition) is 7. The third kappa shape index (κ3) is 3.94. The molecule has 1 aliphatic rings. The quantitative estimate of drug-likeness (QED) is 0.574. The smallest absolute Gasteiger partial charge is 0.338 e. The van der Waals surface area contributed by atoms with Crippen molar-refractivity contribution in [2.45, 2.75) is 19.9 Å². The number of esters is 1. The number of carbonyl (C=O) groups is 1. The second-order valence-corrected chi connectivity index (χ2v) is 7.87. The summed E-state index contributed by atoms with van der Waals surface area (Å²) in [6, 6.07) is 10.3. The van der Waals surface area contributed by atoms with E-state index in [-0.39, 0.29) is 12.2 Å². The molecule has 0 radical (unpaired) electrons. The van der Waals surface area contributed by atoms with Crippen molar-refractivity contribution in [2.75, 3.05) is 13.7 Å². The molecule has 0 bridgehead atoms. The third-order valence-electron chi connectivity index (χ3n) is 4.93. The van der Waals surface area contributed by atoms with E-state index in [4.69, 9.17) is 9.47 Å². The number of carbonyl (C=O) groups excluding carboxylic acids is 1. The summed E-state index contributed by atoms with van der Waals surface area (Å²) >= 11 is 1.28. The number of nitrogens with zero attached hydrogens (tertiary/aromatic N) is 3. The lowest BCUT2D eigenvalue weighted by molar-refractivity contribution is -0.139. The van der Waals surface area contributed by atoms with Gasteiger partial charge in [-0.3, -0.25) is 14.3 Å². The molecule has 0 unspecified atom stereocenters. The van der Waals surface area contributed by atoms with Crippen molar-refractivity contribution in [1.82, 2.24) is 9.55 Å². The SMILES string of the molecule is CCOC(=O)C1=C(C)N=c2s/c(=C\c3cccnc3)c(=O)n2[C@H]1c1ccc(OC)cc1. The van der Waals surface area contributed by atoms with Crippen LogP contribution in [-0.4, -0.2) is 29.2 Å². The number of allylic oxidation sites excluding steroid dienone is 1. The summed E-state index contributed by atoms with van der Waals surface area (Å²) in [5, 5.41) is 0. The lowest BCUT2D eigenvalue weighted by Crippen LogP contribution is -2.39. The maximum Gasteiger partial charge on any atom is 0.338 e. The largest absolute Gasteiger partial charge is 0.497 e. The Morgan fingerprint density at radius 1 is 1.26 bits per heavy atom. The highest BCUT2D eigenvalue weighted by Crippen LogP contribution is 2.31. The Labute approximate surface area is 182 Å². The second-order valence-electron chi connectivity index (χ2n) is 6.86. The molecule has 1 aliphatic heterocycles. The minimum absolute atomic E-state index is 0.220. The Balaban J connectivity index is 1.95. The van der Waals surface area contributed by atoms with E-state index in [2.05, 4.69) is 9.98 Å². The molecule has 0 aliphatic carbocycles. The van der Waals surface area contributed by atoms with Crippen LogP contribution in [0.15, 0.2) is 69.8 Å². The molecular weight excluding hydrogens is 414 g/mol. The molecule has 0 N–H and O–H groups in total. The van der Waals surface area contributed by atoms with E-state index >= 15 is 0 Å². The first-order valence-electron chi connectivity index (χ1n) is 9.77. The van der Waals surface area contributed by atoms with Crippen LogP contribution >= 0.6 is 11.3 Å². The molecule has 8 heteroatoms. The van der Waals surface area contributed by atoms with Crippen LogP contribution in [0, 0.1) is 0 Å². The van der Waals surface area contributed by atoms with Gasteiger partial charge in [-0.15, -0.1) is 0 Å². The molecule has 7 nitrogen and oxygen atoms in total. The van der Waals surface area contributed by atoms with Gasteiger partial charge in [0.1, 0.15) is 5.75 Å². The van der Waals surface area contributed by atoms with Gasteiger partial charge >= 0.3 is 5.97 Å². The second kappa shape index (κ2) is 8.69. The molecular formula is C23H21N3O4S. The van der Waals surface area contributed by atoms with Crippen LogP contribution in [0.25, 0.3) is 6.08 Å². The molecule has 1 aromatic carbocycles. The first-order chi connectivity index (χ1) is 15.0. The van der Waals surface area contributed by atoms with Gasteiger partial charge in [0.15, 0.2) is 4.80 Å². The van der Waals surface area contributed by atoms with Crippen molar-refractivity contribution < 1.29 is 14.3 Å². The Bertz CT molecular complexity index is 1320. The molecule has 0 saturated heterocycles. The van der Waals surface area contributed by atoms with E-state index in [0.717, 1.165) is 11.1 Å². The Morgan fingerprint density at radius 2 is 2.03 bits per heavy atom. The van der Waals surface area contributed by atoms with Crippen LogP contribution in [0.5, 0.6) is 5.75 Å². The summed E-state index contributed by atoms with van der Waals surface area (Å²) in [4.78, 5) is 35.5. The number of pyridine rings is 1. The van der Waals surface area contributed by atoms with E-state index in [1.54, 1.807) is 56.1 Å². The normalized spacial score (nSPS) is 16.0. The van der Waals surface area contributed by atoms with Crippen LogP contribution in [0.3, 0.4) is 0 Å². The van der Waals surface area contributed by atoms with Crippen molar-refractivity contribution in [3.8, 4) is 5.75 Å². The van der Waals surface area contributed by atoms with Crippen molar-refractivity contribution in [1.29, 1.82) is 0 Å². The van der Waals surface area contributed by atoms with E-state index in [1.165, 1.54) is 11.3 Å². The zero-order chi connectivity index (χ0) is 22.0. The standard InChI is InChI=1S/C23H21N3O4S/c1-4-30-22(28)19-14(2)25-23-26(20(19)16-7-9-17(29-3)10-8-16)21(27)18(31-23)12-15-6-5-11-24-13-15/h5-13,20H,4H2,1-3H3/b18-12-/t20-/m0/s1. The summed E-state index contributed by atoms with van der Waals surface area (Å²) in [6.45, 7) is 3.75. The molecule has 31 heavy (non-hydrogen) atoms. The van der Waals surface area contributed by atoms with E-state index < -0.39 is 12.0 Å². The minimum atomic E-state index is -0.641. The van der Waals surface area contributed by atoms with Crippen LogP contribution < -0.4 is 19.6 Å². The zero-order valence-electron chi connectivity index (χ0n) is 17.4. The summed E-state index contributed by atoms with van der Waals surface area (Å²) in [7, 11) is 1.59. The van der Waals surface area contributed by atoms with Gasteiger partial charge in [0.2, 0.25) is 0 Å². The fourth-order valence-electron chi connectivity index (χ4n) is 3.51. The lowest BCUT2D eigenvalue weighted by atomic mass is 9.96. The molecule has 1 atom stereocenters. The van der Waals surface area contributed by atoms with Gasteiger partial charge in [-0.1, -0.05) is 29.5 Å². The summed E-state index contributed by atoms with van der Waals surface area (Å²) < 4.78 is 12.6. The van der Waals surface area contributed by atoms with Gasteiger partial charge in [0.25, 0.3) is 5.56 Å². The summed E-state index contributed by atoms with van der Waals surface area (Å²) in [5.74, 6) is 0.206. The first kappa shape index (κ1) is 20.7. The van der Waals surface area contributed by atoms with Crippen molar-refractivity contribution in [3.63, 3.8) is 0 Å². The molecule has 0 amide bonds. The van der Waals surface area contributed by atoms with Crippen molar-refractivity contribution in [3.05, 3.63) is 90.9 Å². The average Bonchev–Trinajstić information content (AvgIpc) is 3.08. The zero-order valence-corrected chi connectivity index (χ0v) is 18.2. The Morgan fingerprint density at radius 3 is 2.68 bits per heavy atom. The maximum absolute atomic E-state index is 13.4. The van der Waals surface area contributed by atoms with Crippen LogP contribution in [0.2, 0.25) is 0 Å².